The number of amides is 1. The van der Waals surface area contributed by atoms with Gasteiger partial charge in [-0.3, -0.25) is 4.79 Å². The second-order valence-electron chi connectivity index (χ2n) is 5.54. The van der Waals surface area contributed by atoms with E-state index >= 15 is 0 Å². The highest BCUT2D eigenvalue weighted by molar-refractivity contribution is 5.85. The lowest BCUT2D eigenvalue weighted by atomic mass is 9.89. The molecule has 1 saturated heterocycles. The van der Waals surface area contributed by atoms with Crippen LogP contribution in [0.3, 0.4) is 0 Å². The molecule has 2 unspecified atom stereocenters. The number of rotatable bonds is 4. The molecule has 0 aromatic heterocycles. The number of hydrogen-bond acceptors (Lipinski definition) is 3. The smallest absolute Gasteiger partial charge is 0.242 e. The standard InChI is InChI=1S/C13H26N2O2/c1-4-7-13(3,14)12(17)15-8-5-11(6-9-15)10(2)16/h10-11,16H,4-9,14H2,1-3H3. The summed E-state index contributed by atoms with van der Waals surface area (Å²) in [4.78, 5) is 14.1. The summed E-state index contributed by atoms with van der Waals surface area (Å²) in [6.45, 7) is 7.14. The molecule has 1 rings (SSSR count). The number of nitrogens with zero attached hydrogens (tertiary/aromatic N) is 1. The number of nitrogens with two attached hydrogens (primary N) is 1. The summed E-state index contributed by atoms with van der Waals surface area (Å²) in [5.41, 5.74) is 5.33. The molecule has 4 nitrogen and oxygen atoms in total. The summed E-state index contributed by atoms with van der Waals surface area (Å²) in [7, 11) is 0. The number of piperidine rings is 1. The van der Waals surface area contributed by atoms with Crippen LogP contribution in [0, 0.1) is 5.92 Å². The Labute approximate surface area is 104 Å². The average molecular weight is 242 g/mol. The summed E-state index contributed by atoms with van der Waals surface area (Å²) in [5, 5.41) is 9.52. The Kier molecular flexibility index (Phi) is 4.95. The summed E-state index contributed by atoms with van der Waals surface area (Å²) >= 11 is 0. The molecule has 0 aromatic rings. The van der Waals surface area contributed by atoms with E-state index in [9.17, 15) is 9.90 Å². The third-order valence-corrected chi connectivity index (χ3v) is 3.77. The second kappa shape index (κ2) is 5.83. The Morgan fingerprint density at radius 3 is 2.47 bits per heavy atom. The van der Waals surface area contributed by atoms with Crippen LogP contribution in [0.5, 0.6) is 0 Å². The monoisotopic (exact) mass is 242 g/mol. The highest BCUT2D eigenvalue weighted by atomic mass is 16.3. The van der Waals surface area contributed by atoms with Gasteiger partial charge in [0.15, 0.2) is 0 Å². The van der Waals surface area contributed by atoms with Gasteiger partial charge < -0.3 is 15.7 Å². The summed E-state index contributed by atoms with van der Waals surface area (Å²) in [6, 6.07) is 0. The van der Waals surface area contributed by atoms with Crippen LogP contribution in [-0.2, 0) is 4.79 Å². The number of likely N-dealkylation sites (tertiary alicyclic amines) is 1. The van der Waals surface area contributed by atoms with E-state index in [2.05, 4.69) is 0 Å². The van der Waals surface area contributed by atoms with Gasteiger partial charge in [-0.05, 0) is 39.0 Å². The fourth-order valence-electron chi connectivity index (χ4n) is 2.57. The van der Waals surface area contributed by atoms with Crippen molar-refractivity contribution in [2.75, 3.05) is 13.1 Å². The quantitative estimate of drug-likeness (QED) is 0.776. The molecule has 0 radical (unpaired) electrons. The Morgan fingerprint density at radius 1 is 1.53 bits per heavy atom. The van der Waals surface area contributed by atoms with Gasteiger partial charge in [0.1, 0.15) is 0 Å². The maximum absolute atomic E-state index is 12.2. The van der Waals surface area contributed by atoms with Crippen molar-refractivity contribution >= 4 is 5.91 Å². The zero-order valence-corrected chi connectivity index (χ0v) is 11.3. The van der Waals surface area contributed by atoms with Crippen LogP contribution in [0.15, 0.2) is 0 Å². The van der Waals surface area contributed by atoms with Crippen molar-refractivity contribution in [1.29, 1.82) is 0 Å². The minimum absolute atomic E-state index is 0.0587. The van der Waals surface area contributed by atoms with Gasteiger partial charge in [-0.25, -0.2) is 0 Å². The van der Waals surface area contributed by atoms with Crippen molar-refractivity contribution in [2.24, 2.45) is 11.7 Å². The third kappa shape index (κ3) is 3.68. The fourth-order valence-corrected chi connectivity index (χ4v) is 2.57. The van der Waals surface area contributed by atoms with Gasteiger partial charge in [0.2, 0.25) is 5.91 Å². The number of aliphatic hydroxyl groups is 1. The first kappa shape index (κ1) is 14.5. The van der Waals surface area contributed by atoms with Crippen molar-refractivity contribution in [3.05, 3.63) is 0 Å². The molecule has 0 spiro atoms. The molecule has 100 valence electrons. The molecule has 17 heavy (non-hydrogen) atoms. The van der Waals surface area contributed by atoms with Crippen LogP contribution in [0.1, 0.15) is 46.5 Å². The summed E-state index contributed by atoms with van der Waals surface area (Å²) in [6.07, 6.45) is 3.13. The molecule has 1 aliphatic rings. The summed E-state index contributed by atoms with van der Waals surface area (Å²) < 4.78 is 0. The van der Waals surface area contributed by atoms with Crippen LogP contribution in [0.4, 0.5) is 0 Å². The average Bonchev–Trinajstić information content (AvgIpc) is 2.28. The van der Waals surface area contributed by atoms with Crippen molar-refractivity contribution in [3.63, 3.8) is 0 Å². The van der Waals surface area contributed by atoms with Crippen molar-refractivity contribution in [2.45, 2.75) is 58.1 Å². The molecule has 0 saturated carbocycles. The number of carbonyl (C=O) groups excluding carboxylic acids is 1. The molecule has 0 bridgehead atoms. The van der Waals surface area contributed by atoms with E-state index in [0.717, 1.165) is 38.8 Å². The molecular weight excluding hydrogens is 216 g/mol. The lowest BCUT2D eigenvalue weighted by molar-refractivity contribution is -0.138. The van der Waals surface area contributed by atoms with E-state index in [4.69, 9.17) is 5.73 Å². The first-order valence-corrected chi connectivity index (χ1v) is 6.64. The van der Waals surface area contributed by atoms with Gasteiger partial charge in [0.05, 0.1) is 11.6 Å². The van der Waals surface area contributed by atoms with Gasteiger partial charge >= 0.3 is 0 Å². The SMILES string of the molecule is CCCC(C)(N)C(=O)N1CCC(C(C)O)CC1. The lowest BCUT2D eigenvalue weighted by Crippen LogP contribution is -2.55. The van der Waals surface area contributed by atoms with Crippen LogP contribution in [0.2, 0.25) is 0 Å². The minimum Gasteiger partial charge on any atom is -0.393 e. The predicted octanol–water partition coefficient (Wildman–Crippen LogP) is 1.12. The summed E-state index contributed by atoms with van der Waals surface area (Å²) in [5.74, 6) is 0.387. The highest BCUT2D eigenvalue weighted by Gasteiger charge is 2.34. The van der Waals surface area contributed by atoms with Gasteiger partial charge in [0, 0.05) is 13.1 Å². The number of hydrogen-bond donors (Lipinski definition) is 2. The molecule has 2 atom stereocenters. The second-order valence-corrected chi connectivity index (χ2v) is 5.54. The van der Waals surface area contributed by atoms with E-state index in [0.29, 0.717) is 5.92 Å². The van der Waals surface area contributed by atoms with Crippen LogP contribution >= 0.6 is 0 Å². The van der Waals surface area contributed by atoms with Gasteiger partial charge in [-0.15, -0.1) is 0 Å². The molecular formula is C13H26N2O2. The molecule has 0 aliphatic carbocycles. The van der Waals surface area contributed by atoms with Crippen LogP contribution in [0.25, 0.3) is 0 Å². The first-order valence-electron chi connectivity index (χ1n) is 6.64. The fraction of sp³-hybridized carbons (Fsp3) is 0.923. The van der Waals surface area contributed by atoms with Crippen LogP contribution in [-0.4, -0.2) is 40.6 Å². The molecule has 4 heteroatoms. The molecule has 1 heterocycles. The van der Waals surface area contributed by atoms with Gasteiger partial charge in [-0.1, -0.05) is 13.3 Å². The molecule has 1 amide bonds. The maximum atomic E-state index is 12.2. The Hall–Kier alpha value is -0.610. The van der Waals surface area contributed by atoms with Gasteiger partial charge in [0.25, 0.3) is 0 Å². The topological polar surface area (TPSA) is 66.6 Å². The van der Waals surface area contributed by atoms with E-state index in [1.165, 1.54) is 0 Å². The van der Waals surface area contributed by atoms with Crippen molar-refractivity contribution < 1.29 is 9.90 Å². The van der Waals surface area contributed by atoms with E-state index in [-0.39, 0.29) is 12.0 Å². The van der Waals surface area contributed by atoms with E-state index in [1.807, 2.05) is 25.7 Å². The largest absolute Gasteiger partial charge is 0.393 e. The van der Waals surface area contributed by atoms with E-state index < -0.39 is 5.54 Å². The van der Waals surface area contributed by atoms with E-state index in [1.54, 1.807) is 0 Å². The predicted molar refractivity (Wildman–Crippen MR) is 68.5 cm³/mol. The first-order chi connectivity index (χ1) is 7.88. The molecule has 3 N–H and O–H groups in total. The minimum atomic E-state index is -0.730. The third-order valence-electron chi connectivity index (χ3n) is 3.77. The maximum Gasteiger partial charge on any atom is 0.242 e. The van der Waals surface area contributed by atoms with Crippen molar-refractivity contribution in [1.82, 2.24) is 4.90 Å². The van der Waals surface area contributed by atoms with Gasteiger partial charge in [-0.2, -0.15) is 0 Å². The zero-order valence-electron chi connectivity index (χ0n) is 11.3. The molecule has 0 aromatic carbocycles. The normalized spacial score (nSPS) is 23.2. The molecule has 1 fully saturated rings. The Balaban J connectivity index is 2.51. The van der Waals surface area contributed by atoms with Crippen molar-refractivity contribution in [3.8, 4) is 0 Å². The van der Waals surface area contributed by atoms with Crippen LogP contribution < -0.4 is 5.73 Å². The Bertz CT molecular complexity index is 256. The molecule has 1 aliphatic heterocycles. The number of aliphatic hydroxyl groups excluding tert-OH is 1. The Morgan fingerprint density at radius 2 is 2.06 bits per heavy atom. The lowest BCUT2D eigenvalue weighted by Gasteiger charge is -2.37. The highest BCUT2D eigenvalue weighted by Crippen LogP contribution is 2.23. The zero-order chi connectivity index (χ0) is 13.1. The number of carbonyl (C=O) groups is 1.